The summed E-state index contributed by atoms with van der Waals surface area (Å²) in [4.78, 5) is 38.5. The summed E-state index contributed by atoms with van der Waals surface area (Å²) in [6.45, 7) is 1.22. The van der Waals surface area contributed by atoms with Crippen molar-refractivity contribution in [2.75, 3.05) is 13.2 Å². The van der Waals surface area contributed by atoms with Crippen LogP contribution in [-0.4, -0.2) is 43.2 Å². The molecule has 1 N–H and O–H groups in total. The van der Waals surface area contributed by atoms with Crippen molar-refractivity contribution >= 4 is 29.1 Å². The molecule has 11 heteroatoms. The predicted octanol–water partition coefficient (Wildman–Crippen LogP) is 7.81. The summed E-state index contributed by atoms with van der Waals surface area (Å²) in [5, 5.41) is 2.98. The van der Waals surface area contributed by atoms with Gasteiger partial charge in [-0.15, -0.1) is 0 Å². The smallest absolute Gasteiger partial charge is 0.400 e. The van der Waals surface area contributed by atoms with Gasteiger partial charge in [0.05, 0.1) is 10.6 Å². The second-order valence-electron chi connectivity index (χ2n) is 11.2. The highest BCUT2D eigenvalue weighted by Crippen LogP contribution is 2.39. The van der Waals surface area contributed by atoms with Crippen molar-refractivity contribution in [3.63, 3.8) is 0 Å². The Morgan fingerprint density at radius 3 is 2.26 bits per heavy atom. The minimum Gasteiger partial charge on any atom is -0.487 e. The van der Waals surface area contributed by atoms with Crippen LogP contribution in [0.5, 0.6) is 5.75 Å². The number of amides is 1. The molecule has 0 aliphatic heterocycles. The lowest BCUT2D eigenvalue weighted by atomic mass is 9.84. The fourth-order valence-electron chi connectivity index (χ4n) is 4.82. The summed E-state index contributed by atoms with van der Waals surface area (Å²) >= 11 is 6.25. The third-order valence-electron chi connectivity index (χ3n) is 7.67. The molecular weight excluding hydrogens is 581 g/mol. The Morgan fingerprint density at radius 1 is 0.976 bits per heavy atom. The molecule has 1 amide bonds. The monoisotopic (exact) mass is 615 g/mol. The first-order valence-electron chi connectivity index (χ1n) is 13.9. The van der Waals surface area contributed by atoms with E-state index in [1.807, 2.05) is 0 Å². The lowest BCUT2D eigenvalue weighted by Crippen LogP contribution is -2.39. The van der Waals surface area contributed by atoms with Crippen LogP contribution in [0.15, 0.2) is 36.4 Å². The normalized spacial score (nSPS) is 14.6. The fraction of sp³-hybridized carbons (Fsp3) is 0.516. The van der Waals surface area contributed by atoms with Crippen LogP contribution in [0.25, 0.3) is 0 Å². The van der Waals surface area contributed by atoms with E-state index in [-0.39, 0.29) is 41.2 Å². The number of benzene rings is 2. The Bertz CT molecular complexity index is 1270. The zero-order valence-electron chi connectivity index (χ0n) is 23.6. The lowest BCUT2D eigenvalue weighted by Gasteiger charge is -2.26. The summed E-state index contributed by atoms with van der Waals surface area (Å²) in [6.07, 6.45) is -2.67. The van der Waals surface area contributed by atoms with Crippen molar-refractivity contribution in [3.05, 3.63) is 63.7 Å². The van der Waals surface area contributed by atoms with Crippen LogP contribution >= 0.6 is 11.6 Å². The molecule has 1 fully saturated rings. The van der Waals surface area contributed by atoms with Gasteiger partial charge in [-0.05, 0) is 74.4 Å². The second-order valence-corrected chi connectivity index (χ2v) is 11.6. The van der Waals surface area contributed by atoms with Gasteiger partial charge in [0.1, 0.15) is 23.6 Å². The van der Waals surface area contributed by atoms with Crippen LogP contribution in [0.4, 0.5) is 22.0 Å². The van der Waals surface area contributed by atoms with Gasteiger partial charge in [0.25, 0.3) is 12.3 Å². The molecule has 230 valence electrons. The first kappa shape index (κ1) is 33.5. The van der Waals surface area contributed by atoms with Crippen LogP contribution in [0.1, 0.15) is 84.2 Å². The maximum absolute atomic E-state index is 13.2. The molecule has 0 spiro atoms. The second kappa shape index (κ2) is 14.4. The summed E-state index contributed by atoms with van der Waals surface area (Å²) in [6, 6.07) is 8.70. The van der Waals surface area contributed by atoms with E-state index in [2.05, 4.69) is 5.32 Å². The van der Waals surface area contributed by atoms with Crippen molar-refractivity contribution in [3.8, 4) is 5.75 Å². The third kappa shape index (κ3) is 8.99. The highest BCUT2D eigenvalue weighted by Gasteiger charge is 2.51. The number of alkyl halides is 5. The number of nitrogens with one attached hydrogen (secondary N) is 1. The highest BCUT2D eigenvalue weighted by atomic mass is 35.5. The largest absolute Gasteiger partial charge is 0.487 e. The number of halogens is 6. The van der Waals surface area contributed by atoms with Crippen molar-refractivity contribution in [2.24, 2.45) is 11.3 Å². The van der Waals surface area contributed by atoms with Gasteiger partial charge in [0.2, 0.25) is 0 Å². The van der Waals surface area contributed by atoms with Crippen LogP contribution < -0.4 is 10.1 Å². The van der Waals surface area contributed by atoms with Gasteiger partial charge in [0.15, 0.2) is 5.78 Å². The van der Waals surface area contributed by atoms with E-state index >= 15 is 0 Å². The van der Waals surface area contributed by atoms with Gasteiger partial charge in [-0.2, -0.15) is 13.2 Å². The molecule has 2 aromatic rings. The molecule has 1 aliphatic carbocycles. The van der Waals surface area contributed by atoms with Gasteiger partial charge in [-0.3, -0.25) is 14.4 Å². The molecule has 2 aromatic carbocycles. The van der Waals surface area contributed by atoms with Crippen molar-refractivity contribution < 1.29 is 41.1 Å². The molecule has 0 aromatic heterocycles. The first-order valence-corrected chi connectivity index (χ1v) is 14.3. The Labute approximate surface area is 247 Å². The van der Waals surface area contributed by atoms with E-state index in [1.54, 1.807) is 0 Å². The first-order chi connectivity index (χ1) is 19.7. The number of hydrogen-bond donors (Lipinski definition) is 1. The molecule has 3 rings (SSSR count). The van der Waals surface area contributed by atoms with E-state index in [0.29, 0.717) is 23.6 Å². The molecule has 0 radical (unpaired) electrons. The van der Waals surface area contributed by atoms with E-state index in [0.717, 1.165) is 46.0 Å². The van der Waals surface area contributed by atoms with Crippen LogP contribution in [0.2, 0.25) is 5.02 Å². The molecule has 0 unspecified atom stereocenters. The molecule has 42 heavy (non-hydrogen) atoms. The topological polar surface area (TPSA) is 72.5 Å². The SMILES string of the molecule is CC(C)(C(=O)CCc1ccc(Cl)c(C(=O)Cc2ccc(OCC(F)F)c(C(=O)NCC3CCCCC3)c2)c1)C(F)(F)F. The van der Waals surface area contributed by atoms with Gasteiger partial charge < -0.3 is 10.1 Å². The summed E-state index contributed by atoms with van der Waals surface area (Å²) < 4.78 is 70.4. The summed E-state index contributed by atoms with van der Waals surface area (Å²) in [5.41, 5.74) is -1.48. The number of carbonyl (C=O) groups is 3. The van der Waals surface area contributed by atoms with Crippen LogP contribution in [0, 0.1) is 11.3 Å². The Morgan fingerprint density at radius 2 is 1.62 bits per heavy atom. The average molecular weight is 616 g/mol. The number of Topliss-reactive ketones (excluding diaryl/α,β-unsaturated/α-hetero) is 2. The average Bonchev–Trinajstić information content (AvgIpc) is 2.94. The van der Waals surface area contributed by atoms with E-state index < -0.39 is 42.1 Å². The maximum atomic E-state index is 13.2. The maximum Gasteiger partial charge on any atom is 0.400 e. The van der Waals surface area contributed by atoms with Gasteiger partial charge in [-0.25, -0.2) is 8.78 Å². The number of aryl methyl sites for hydroxylation is 1. The molecule has 1 aliphatic rings. The minimum absolute atomic E-state index is 0.0166. The number of rotatable bonds is 13. The molecule has 0 saturated heterocycles. The van der Waals surface area contributed by atoms with Crippen molar-refractivity contribution in [1.82, 2.24) is 5.32 Å². The molecule has 5 nitrogen and oxygen atoms in total. The predicted molar refractivity (Wildman–Crippen MR) is 149 cm³/mol. The third-order valence-corrected chi connectivity index (χ3v) is 8.00. The number of carbonyl (C=O) groups excluding carboxylic acids is 3. The molecule has 0 heterocycles. The fourth-order valence-corrected chi connectivity index (χ4v) is 5.04. The van der Waals surface area contributed by atoms with E-state index in [4.69, 9.17) is 16.3 Å². The number of ether oxygens (including phenoxy) is 1. The summed E-state index contributed by atoms with van der Waals surface area (Å²) in [5.74, 6) is -1.59. The van der Waals surface area contributed by atoms with Crippen molar-refractivity contribution in [2.45, 2.75) is 77.8 Å². The minimum atomic E-state index is -4.68. The molecule has 0 atom stereocenters. The number of hydrogen-bond acceptors (Lipinski definition) is 4. The lowest BCUT2D eigenvalue weighted by molar-refractivity contribution is -0.210. The van der Waals surface area contributed by atoms with Gasteiger partial charge in [-0.1, -0.05) is 43.0 Å². The summed E-state index contributed by atoms with van der Waals surface area (Å²) in [7, 11) is 0. The molecular formula is C31H35ClF5NO4. The Balaban J connectivity index is 1.75. The molecule has 0 bridgehead atoms. The van der Waals surface area contributed by atoms with Gasteiger partial charge in [0, 0.05) is 24.9 Å². The highest BCUT2D eigenvalue weighted by molar-refractivity contribution is 6.34. The zero-order chi connectivity index (χ0) is 31.1. The van der Waals surface area contributed by atoms with Gasteiger partial charge >= 0.3 is 6.18 Å². The van der Waals surface area contributed by atoms with Crippen molar-refractivity contribution in [1.29, 1.82) is 0 Å². The van der Waals surface area contributed by atoms with E-state index in [9.17, 15) is 36.3 Å². The Hall–Kier alpha value is -3.01. The standard InChI is InChI=1S/C31H35ClF5NO4/c1-30(2,31(35,36)37)27(40)13-10-19-8-11-24(32)22(14-19)25(39)16-21-9-12-26(42-18-28(33)34)23(15-21)29(41)38-17-20-6-4-3-5-7-20/h8-9,11-12,14-15,20,28H,3-7,10,13,16-18H2,1-2H3,(H,38,41). The quantitative estimate of drug-likeness (QED) is 0.184. The zero-order valence-corrected chi connectivity index (χ0v) is 24.3. The Kier molecular flexibility index (Phi) is 11.5. The van der Waals surface area contributed by atoms with E-state index in [1.165, 1.54) is 36.4 Å². The van der Waals surface area contributed by atoms with Crippen LogP contribution in [0.3, 0.4) is 0 Å². The molecule has 1 saturated carbocycles. The number of ketones is 2. The van der Waals surface area contributed by atoms with Crippen LogP contribution in [-0.2, 0) is 17.6 Å².